The molecule has 0 fully saturated rings. The molecule has 0 unspecified atom stereocenters. The van der Waals surface area contributed by atoms with Crippen LogP contribution in [0, 0.1) is 0 Å². The van der Waals surface area contributed by atoms with Gasteiger partial charge in [0.25, 0.3) is 6.71 Å². The Morgan fingerprint density at radius 2 is 0.949 bits per heavy atom. The Morgan fingerprint density at radius 3 is 1.59 bits per heavy atom. The minimum Gasteiger partial charge on any atom is -0.503 e. The van der Waals surface area contributed by atoms with E-state index in [0.29, 0.717) is 11.4 Å². The molecule has 9 aromatic carbocycles. The second kappa shape index (κ2) is 17.5. The van der Waals surface area contributed by atoms with Crippen LogP contribution in [0.15, 0.2) is 170 Å². The molecule has 12 rings (SSSR count). The van der Waals surface area contributed by atoms with Crippen LogP contribution in [0.5, 0.6) is 28.7 Å². The summed E-state index contributed by atoms with van der Waals surface area (Å²) in [7, 11) is 0. The predicted octanol–water partition coefficient (Wildman–Crippen LogP) is 15.6. The molecule has 78 heavy (non-hydrogen) atoms. The van der Waals surface area contributed by atoms with Crippen LogP contribution in [0.4, 0.5) is 51.2 Å². The van der Waals surface area contributed by atoms with Crippen LogP contribution in [-0.4, -0.2) is 32.2 Å². The minimum atomic E-state index is -1.03. The molecule has 2 heterocycles. The van der Waals surface area contributed by atoms with Crippen LogP contribution < -0.4 is 31.1 Å². The largest absolute Gasteiger partial charge is 0.503 e. The lowest BCUT2D eigenvalue weighted by molar-refractivity contribution is 0.329. The average molecular weight is 1030 g/mol. The van der Waals surface area contributed by atoms with Crippen molar-refractivity contribution in [3.05, 3.63) is 198 Å². The average Bonchev–Trinajstić information content (AvgIpc) is 3.45. The van der Waals surface area contributed by atoms with Crippen molar-refractivity contribution < 1.29 is 25.5 Å². The highest BCUT2D eigenvalue weighted by atomic mass is 16.4. The van der Waals surface area contributed by atoms with Crippen molar-refractivity contribution in [1.29, 1.82) is 0 Å². The smallest absolute Gasteiger partial charge is 0.252 e. The van der Waals surface area contributed by atoms with Gasteiger partial charge in [-0.2, -0.15) is 0 Å². The number of aromatic hydroxyl groups is 5. The standard InChI is InChI=1S/C69H66BN3O5/c1-66(2,3)41-25-28-44(29-26-41)71-55-34-27-42(67(4,5)6)35-53(55)70-52-33-31-46(73(60-61(74)63(76)65(78)64(77)62(60)75)54-24-18-16-21-47(54)40-19-13-12-14-20-40)39-56(52)72(58-37-43(68(7,8)9)36-57(71)59(58)70)45-30-32-49-48-22-15-17-23-50(48)69(10,11)51(49)38-45/h12-39,74-78H,1-11H3. The van der Waals surface area contributed by atoms with Gasteiger partial charge in [0, 0.05) is 50.8 Å². The first-order valence-corrected chi connectivity index (χ1v) is 27.0. The van der Waals surface area contributed by atoms with Crippen LogP contribution in [-0.2, 0) is 21.7 Å². The van der Waals surface area contributed by atoms with Gasteiger partial charge in [0.1, 0.15) is 5.69 Å². The van der Waals surface area contributed by atoms with Crippen molar-refractivity contribution in [1.82, 2.24) is 0 Å². The Kier molecular flexibility index (Phi) is 11.3. The fourth-order valence-electron chi connectivity index (χ4n) is 12.3. The number of hydrogen-bond donors (Lipinski definition) is 5. The zero-order valence-corrected chi connectivity index (χ0v) is 46.3. The normalized spacial score (nSPS) is 14.1. The predicted molar refractivity (Wildman–Crippen MR) is 323 cm³/mol. The SMILES string of the molecule is CC(C)(C)c1ccc(N2c3ccc(C(C)(C)C)cc3B3c4ccc(N(c5ccccc5-c5ccccc5)c5c(O)c(O)c(O)c(O)c5O)cc4N(c4ccc5c(c4)C(C)(C)c4ccccc4-5)c4cc(C(C)(C)C)cc2c43)cc1. The number of nitrogens with zero attached hydrogens (tertiary/aromatic N) is 3. The van der Waals surface area contributed by atoms with E-state index in [1.54, 1.807) is 4.90 Å². The summed E-state index contributed by atoms with van der Waals surface area (Å²) in [5.41, 5.74) is 19.5. The fraction of sp³-hybridized carbons (Fsp3) is 0.217. The van der Waals surface area contributed by atoms with Gasteiger partial charge in [-0.25, -0.2) is 0 Å². The molecule has 1 aliphatic carbocycles. The van der Waals surface area contributed by atoms with E-state index in [1.807, 2.05) is 60.7 Å². The maximum atomic E-state index is 12.0. The molecule has 8 nitrogen and oxygen atoms in total. The van der Waals surface area contributed by atoms with Gasteiger partial charge in [-0.1, -0.05) is 185 Å². The lowest BCUT2D eigenvalue weighted by atomic mass is 9.33. The van der Waals surface area contributed by atoms with E-state index in [0.717, 1.165) is 61.7 Å². The van der Waals surface area contributed by atoms with E-state index in [9.17, 15) is 25.5 Å². The highest BCUT2D eigenvalue weighted by molar-refractivity contribution is 7.00. The van der Waals surface area contributed by atoms with Crippen molar-refractivity contribution in [3.63, 3.8) is 0 Å². The van der Waals surface area contributed by atoms with Gasteiger partial charge >= 0.3 is 0 Å². The molecule has 390 valence electrons. The van der Waals surface area contributed by atoms with Gasteiger partial charge in [0.2, 0.25) is 17.2 Å². The first kappa shape index (κ1) is 50.3. The number of anilines is 9. The zero-order chi connectivity index (χ0) is 55.1. The topological polar surface area (TPSA) is 111 Å². The van der Waals surface area contributed by atoms with Crippen LogP contribution in [0.1, 0.15) is 104 Å². The van der Waals surface area contributed by atoms with E-state index in [1.165, 1.54) is 38.8 Å². The number of phenolic OH excluding ortho intramolecular Hbond substituents is 5. The first-order chi connectivity index (χ1) is 36.9. The summed E-state index contributed by atoms with van der Waals surface area (Å²) < 4.78 is 0. The Hall–Kier alpha value is -8.56. The third-order valence-corrected chi connectivity index (χ3v) is 16.7. The van der Waals surface area contributed by atoms with E-state index >= 15 is 0 Å². The van der Waals surface area contributed by atoms with Crippen molar-refractivity contribution in [2.45, 2.75) is 97.8 Å². The minimum absolute atomic E-state index is 0.0367. The summed E-state index contributed by atoms with van der Waals surface area (Å²) in [6.07, 6.45) is 0. The van der Waals surface area contributed by atoms with E-state index in [-0.39, 0.29) is 34.1 Å². The summed E-state index contributed by atoms with van der Waals surface area (Å²) >= 11 is 0. The Morgan fingerprint density at radius 1 is 0.410 bits per heavy atom. The number of rotatable bonds is 6. The van der Waals surface area contributed by atoms with Crippen molar-refractivity contribution in [2.75, 3.05) is 14.7 Å². The molecule has 0 saturated heterocycles. The quantitative estimate of drug-likeness (QED) is 0.0636. The molecule has 0 bridgehead atoms. The molecule has 0 aromatic heterocycles. The lowest BCUT2D eigenvalue weighted by Crippen LogP contribution is -2.61. The summed E-state index contributed by atoms with van der Waals surface area (Å²) in [4.78, 5) is 6.53. The zero-order valence-electron chi connectivity index (χ0n) is 46.3. The van der Waals surface area contributed by atoms with Crippen LogP contribution in [0.25, 0.3) is 22.3 Å². The molecule has 9 heteroatoms. The molecule has 9 aromatic rings. The fourth-order valence-corrected chi connectivity index (χ4v) is 12.3. The van der Waals surface area contributed by atoms with Crippen LogP contribution >= 0.6 is 0 Å². The number of benzene rings is 9. The van der Waals surface area contributed by atoms with Gasteiger partial charge in [0.15, 0.2) is 11.5 Å². The maximum Gasteiger partial charge on any atom is 0.252 e. The molecular formula is C69H66BN3O5. The van der Waals surface area contributed by atoms with Crippen molar-refractivity contribution >= 4 is 74.3 Å². The molecule has 0 amide bonds. The Labute approximate surface area is 458 Å². The van der Waals surface area contributed by atoms with Gasteiger partial charge in [-0.05, 0) is 138 Å². The van der Waals surface area contributed by atoms with Gasteiger partial charge in [-0.15, -0.1) is 0 Å². The summed E-state index contributed by atoms with van der Waals surface area (Å²) in [6, 6.07) is 60.1. The number of para-hydroxylation sites is 1. The van der Waals surface area contributed by atoms with E-state index in [4.69, 9.17) is 0 Å². The highest BCUT2D eigenvalue weighted by Crippen LogP contribution is 2.60. The molecular weight excluding hydrogens is 962 g/mol. The van der Waals surface area contributed by atoms with Crippen molar-refractivity contribution in [2.24, 2.45) is 0 Å². The number of phenols is 5. The molecule has 2 aliphatic heterocycles. The highest BCUT2D eigenvalue weighted by Gasteiger charge is 2.46. The van der Waals surface area contributed by atoms with Crippen molar-refractivity contribution in [3.8, 4) is 51.0 Å². The summed E-state index contributed by atoms with van der Waals surface area (Å²) in [5, 5.41) is 57.5. The molecule has 0 spiro atoms. The second-order valence-corrected chi connectivity index (χ2v) is 25.1. The monoisotopic (exact) mass is 1030 g/mol. The summed E-state index contributed by atoms with van der Waals surface area (Å²) in [5.74, 6) is -4.58. The molecule has 0 atom stereocenters. The van der Waals surface area contributed by atoms with Crippen LogP contribution in [0.3, 0.4) is 0 Å². The molecule has 5 N–H and O–H groups in total. The maximum absolute atomic E-state index is 12.0. The molecule has 0 radical (unpaired) electrons. The first-order valence-electron chi connectivity index (χ1n) is 27.0. The second-order valence-electron chi connectivity index (χ2n) is 25.1. The van der Waals surface area contributed by atoms with Crippen LogP contribution in [0.2, 0.25) is 0 Å². The summed E-state index contributed by atoms with van der Waals surface area (Å²) in [6.45, 7) is 24.7. The van der Waals surface area contributed by atoms with Gasteiger partial charge < -0.3 is 40.2 Å². The third-order valence-electron chi connectivity index (χ3n) is 16.7. The third kappa shape index (κ3) is 7.72. The lowest BCUT2D eigenvalue weighted by Gasteiger charge is -2.46. The molecule has 3 aliphatic rings. The number of hydrogen-bond acceptors (Lipinski definition) is 8. The Bertz CT molecular complexity index is 3890. The number of fused-ring (bicyclic) bond motifs is 7. The van der Waals surface area contributed by atoms with Gasteiger partial charge in [-0.3, -0.25) is 0 Å². The van der Waals surface area contributed by atoms with E-state index < -0.39 is 28.7 Å². The Balaban J connectivity index is 1.20. The van der Waals surface area contributed by atoms with E-state index in [2.05, 4.69) is 195 Å². The van der Waals surface area contributed by atoms with Gasteiger partial charge in [0.05, 0.1) is 5.69 Å². The molecule has 0 saturated carbocycles.